The molecule has 0 aliphatic heterocycles. The normalized spacial score (nSPS) is 13.2. The Hall–Kier alpha value is -1.43. The molecular formula is C12H16F3NO2. The van der Waals surface area contributed by atoms with Crippen LogP contribution >= 0.6 is 0 Å². The van der Waals surface area contributed by atoms with E-state index in [1.54, 1.807) is 13.0 Å². The Balaban J connectivity index is 3.33. The first-order valence-corrected chi connectivity index (χ1v) is 5.46. The summed E-state index contributed by atoms with van der Waals surface area (Å²) in [6, 6.07) is 2.73. The minimum atomic E-state index is -4.42. The molecule has 0 amide bonds. The van der Waals surface area contributed by atoms with Crippen molar-refractivity contribution < 1.29 is 22.6 Å². The zero-order valence-electron chi connectivity index (χ0n) is 10.5. The lowest BCUT2D eigenvalue weighted by Crippen LogP contribution is -2.34. The highest BCUT2D eigenvalue weighted by molar-refractivity contribution is 5.47. The molecule has 0 saturated heterocycles. The van der Waals surface area contributed by atoms with Crippen molar-refractivity contribution in [1.82, 2.24) is 5.32 Å². The van der Waals surface area contributed by atoms with Gasteiger partial charge in [0.05, 0.1) is 19.8 Å². The van der Waals surface area contributed by atoms with Gasteiger partial charge in [-0.15, -0.1) is 0 Å². The van der Waals surface area contributed by atoms with Gasteiger partial charge in [0.1, 0.15) is 17.5 Å². The lowest BCUT2D eigenvalue weighted by molar-refractivity contribution is -0.158. The Morgan fingerprint density at radius 1 is 1.17 bits per heavy atom. The summed E-state index contributed by atoms with van der Waals surface area (Å²) in [5.41, 5.74) is -0.0307. The number of halogens is 3. The third-order valence-corrected chi connectivity index (χ3v) is 2.49. The zero-order chi connectivity index (χ0) is 13.8. The van der Waals surface area contributed by atoms with Crippen LogP contribution < -0.4 is 14.8 Å². The summed E-state index contributed by atoms with van der Waals surface area (Å²) in [6.07, 6.45) is -4.42. The van der Waals surface area contributed by atoms with Gasteiger partial charge in [-0.2, -0.15) is 13.2 Å². The van der Waals surface area contributed by atoms with Crippen molar-refractivity contribution in [1.29, 1.82) is 0 Å². The van der Waals surface area contributed by atoms with Crippen molar-refractivity contribution in [3.05, 3.63) is 23.8 Å². The van der Waals surface area contributed by atoms with E-state index in [9.17, 15) is 13.2 Å². The van der Waals surface area contributed by atoms with Crippen LogP contribution in [-0.2, 0) is 0 Å². The summed E-state index contributed by atoms with van der Waals surface area (Å²) < 4.78 is 49.1. The second-order valence-corrected chi connectivity index (χ2v) is 3.61. The van der Waals surface area contributed by atoms with Gasteiger partial charge in [0, 0.05) is 0 Å². The van der Waals surface area contributed by atoms with E-state index in [0.717, 1.165) is 0 Å². The molecule has 0 spiro atoms. The summed E-state index contributed by atoms with van der Waals surface area (Å²) in [7, 11) is 2.66. The van der Waals surface area contributed by atoms with Crippen LogP contribution in [-0.4, -0.2) is 26.9 Å². The van der Waals surface area contributed by atoms with Gasteiger partial charge < -0.3 is 14.8 Å². The molecule has 0 fully saturated rings. The van der Waals surface area contributed by atoms with Gasteiger partial charge in [0.2, 0.25) is 0 Å². The number of methoxy groups -OCH3 is 2. The minimum Gasteiger partial charge on any atom is -0.496 e. The lowest BCUT2D eigenvalue weighted by Gasteiger charge is -2.24. The summed E-state index contributed by atoms with van der Waals surface area (Å²) in [4.78, 5) is 0. The number of benzene rings is 1. The van der Waals surface area contributed by atoms with Gasteiger partial charge in [-0.25, -0.2) is 0 Å². The maximum atomic E-state index is 13.1. The molecule has 1 unspecified atom stereocenters. The van der Waals surface area contributed by atoms with Gasteiger partial charge in [-0.3, -0.25) is 0 Å². The van der Waals surface area contributed by atoms with Crippen molar-refractivity contribution >= 4 is 0 Å². The lowest BCUT2D eigenvalue weighted by atomic mass is 10.0. The van der Waals surface area contributed by atoms with Crippen LogP contribution in [0.4, 0.5) is 13.2 Å². The number of nitrogens with one attached hydrogen (secondary N) is 1. The van der Waals surface area contributed by atoms with Crippen LogP contribution in [0.15, 0.2) is 18.2 Å². The number of ether oxygens (including phenoxy) is 2. The second kappa shape index (κ2) is 5.95. The van der Waals surface area contributed by atoms with Gasteiger partial charge >= 0.3 is 6.18 Å². The fourth-order valence-corrected chi connectivity index (χ4v) is 1.75. The summed E-state index contributed by atoms with van der Waals surface area (Å²) in [5.74, 6) is 0.301. The molecule has 1 N–H and O–H groups in total. The maximum Gasteiger partial charge on any atom is 0.408 e. The Morgan fingerprint density at radius 3 is 2.00 bits per heavy atom. The predicted octanol–water partition coefficient (Wildman–Crippen LogP) is 2.92. The molecule has 1 aromatic carbocycles. The highest BCUT2D eigenvalue weighted by Gasteiger charge is 2.43. The summed E-state index contributed by atoms with van der Waals surface area (Å²) in [5, 5.41) is 2.40. The van der Waals surface area contributed by atoms with Crippen LogP contribution in [0.2, 0.25) is 0 Å². The van der Waals surface area contributed by atoms with Gasteiger partial charge in [0.25, 0.3) is 0 Å². The summed E-state index contributed by atoms with van der Waals surface area (Å²) in [6.45, 7) is 1.80. The highest BCUT2D eigenvalue weighted by Crippen LogP contribution is 2.42. The van der Waals surface area contributed by atoms with E-state index in [1.165, 1.54) is 26.4 Å². The second-order valence-electron chi connectivity index (χ2n) is 3.61. The minimum absolute atomic E-state index is 0.0307. The van der Waals surface area contributed by atoms with E-state index in [4.69, 9.17) is 9.47 Å². The molecule has 102 valence electrons. The molecule has 1 aromatic rings. The van der Waals surface area contributed by atoms with Crippen LogP contribution in [0.3, 0.4) is 0 Å². The first-order chi connectivity index (χ1) is 8.45. The first-order valence-electron chi connectivity index (χ1n) is 5.46. The Morgan fingerprint density at radius 2 is 1.67 bits per heavy atom. The standard InChI is InChI=1S/C12H16F3NO2/c1-4-16-11(12(13,14)15)10-8(17-2)6-5-7-9(10)18-3/h5-7,11,16H,4H2,1-3H3. The third-order valence-electron chi connectivity index (χ3n) is 2.49. The monoisotopic (exact) mass is 263 g/mol. The molecule has 0 radical (unpaired) electrons. The van der Waals surface area contributed by atoms with E-state index < -0.39 is 12.2 Å². The van der Waals surface area contributed by atoms with Crippen LogP contribution in [0.5, 0.6) is 11.5 Å². The predicted molar refractivity (Wildman–Crippen MR) is 62.0 cm³/mol. The quantitative estimate of drug-likeness (QED) is 0.886. The molecule has 1 rings (SSSR count). The Kier molecular flexibility index (Phi) is 4.84. The number of rotatable bonds is 5. The molecule has 0 aliphatic carbocycles. The van der Waals surface area contributed by atoms with Gasteiger partial charge in [-0.1, -0.05) is 13.0 Å². The first kappa shape index (κ1) is 14.6. The van der Waals surface area contributed by atoms with Crippen molar-refractivity contribution in [2.24, 2.45) is 0 Å². The van der Waals surface area contributed by atoms with Crippen LogP contribution in [0.25, 0.3) is 0 Å². The Bertz CT molecular complexity index is 371. The van der Waals surface area contributed by atoms with E-state index in [1.807, 2.05) is 0 Å². The largest absolute Gasteiger partial charge is 0.496 e. The van der Waals surface area contributed by atoms with Gasteiger partial charge in [0.15, 0.2) is 0 Å². The average Bonchev–Trinajstić information content (AvgIpc) is 2.33. The van der Waals surface area contributed by atoms with Crippen molar-refractivity contribution in [2.45, 2.75) is 19.1 Å². The fourth-order valence-electron chi connectivity index (χ4n) is 1.75. The average molecular weight is 263 g/mol. The highest BCUT2D eigenvalue weighted by atomic mass is 19.4. The number of hydrogen-bond acceptors (Lipinski definition) is 3. The third kappa shape index (κ3) is 3.07. The van der Waals surface area contributed by atoms with E-state index >= 15 is 0 Å². The topological polar surface area (TPSA) is 30.5 Å². The Labute approximate surface area is 104 Å². The molecule has 3 nitrogen and oxygen atoms in total. The van der Waals surface area contributed by atoms with Crippen LogP contribution in [0, 0.1) is 0 Å². The molecule has 18 heavy (non-hydrogen) atoms. The van der Waals surface area contributed by atoms with E-state index in [0.29, 0.717) is 0 Å². The molecular weight excluding hydrogens is 247 g/mol. The molecule has 0 bridgehead atoms. The molecule has 1 atom stereocenters. The fraction of sp³-hybridized carbons (Fsp3) is 0.500. The van der Waals surface area contributed by atoms with Gasteiger partial charge in [-0.05, 0) is 18.7 Å². The SMILES string of the molecule is CCNC(c1c(OC)cccc1OC)C(F)(F)F. The number of alkyl halides is 3. The molecule has 0 heterocycles. The zero-order valence-corrected chi connectivity index (χ0v) is 10.5. The van der Waals surface area contributed by atoms with Crippen molar-refractivity contribution in [2.75, 3.05) is 20.8 Å². The maximum absolute atomic E-state index is 13.1. The van der Waals surface area contributed by atoms with E-state index in [-0.39, 0.29) is 23.6 Å². The molecule has 0 aliphatic rings. The molecule has 0 aromatic heterocycles. The van der Waals surface area contributed by atoms with E-state index in [2.05, 4.69) is 5.32 Å². The molecule has 6 heteroatoms. The van der Waals surface area contributed by atoms with Crippen molar-refractivity contribution in [3.8, 4) is 11.5 Å². The smallest absolute Gasteiger partial charge is 0.408 e. The molecule has 0 saturated carbocycles. The van der Waals surface area contributed by atoms with Crippen LogP contribution in [0.1, 0.15) is 18.5 Å². The van der Waals surface area contributed by atoms with Crippen molar-refractivity contribution in [3.63, 3.8) is 0 Å². The summed E-state index contributed by atoms with van der Waals surface area (Å²) >= 11 is 0. The number of hydrogen-bond donors (Lipinski definition) is 1.